The van der Waals surface area contributed by atoms with Gasteiger partial charge in [0.2, 0.25) is 0 Å². The summed E-state index contributed by atoms with van der Waals surface area (Å²) in [6.07, 6.45) is -0.0303. The lowest BCUT2D eigenvalue weighted by Crippen LogP contribution is -2.53. The number of Topliss-reactive ketones (excluding diaryl/α,β-unsaturated/α-hetero) is 1. The molecule has 0 bridgehead atoms. The van der Waals surface area contributed by atoms with Crippen LogP contribution in [0.5, 0.6) is 0 Å². The maximum absolute atomic E-state index is 12.3. The zero-order valence-electron chi connectivity index (χ0n) is 11.9. The second-order valence-corrected chi connectivity index (χ2v) is 5.42. The quantitative estimate of drug-likeness (QED) is 0.787. The average Bonchev–Trinajstić information content (AvgIpc) is 2.58. The van der Waals surface area contributed by atoms with Crippen LogP contribution in [0.3, 0.4) is 0 Å². The van der Waals surface area contributed by atoms with Gasteiger partial charge in [-0.3, -0.25) is 4.79 Å². The van der Waals surface area contributed by atoms with Crippen molar-refractivity contribution in [3.63, 3.8) is 0 Å². The highest BCUT2D eigenvalue weighted by Crippen LogP contribution is 2.57. The van der Waals surface area contributed by atoms with Crippen LogP contribution in [-0.4, -0.2) is 5.78 Å². The smallest absolute Gasteiger partial charge is 0.185 e. The maximum atomic E-state index is 12.3. The third-order valence-electron chi connectivity index (χ3n) is 4.59. The third-order valence-corrected chi connectivity index (χ3v) is 4.59. The van der Waals surface area contributed by atoms with Gasteiger partial charge in [0, 0.05) is 18.3 Å². The summed E-state index contributed by atoms with van der Waals surface area (Å²) in [7, 11) is 0. The van der Waals surface area contributed by atoms with E-state index in [4.69, 9.17) is 0 Å². The summed E-state index contributed by atoms with van der Waals surface area (Å²) >= 11 is 0. The minimum atomic E-state index is -1.98. The van der Waals surface area contributed by atoms with Gasteiger partial charge in [-0.1, -0.05) is 37.3 Å². The molecule has 1 aromatic rings. The van der Waals surface area contributed by atoms with Crippen LogP contribution in [0.1, 0.15) is 24.8 Å². The van der Waals surface area contributed by atoms with Gasteiger partial charge in [-0.25, -0.2) is 0 Å². The van der Waals surface area contributed by atoms with Crippen molar-refractivity contribution in [3.05, 3.63) is 35.9 Å². The first-order valence-corrected chi connectivity index (χ1v) is 6.75. The summed E-state index contributed by atoms with van der Waals surface area (Å²) in [6.45, 7) is 1.44. The molecule has 2 atom stereocenters. The first-order chi connectivity index (χ1) is 10.5. The third kappa shape index (κ3) is 1.70. The van der Waals surface area contributed by atoms with Crippen molar-refractivity contribution >= 4 is 5.78 Å². The molecule has 1 aliphatic rings. The van der Waals surface area contributed by atoms with E-state index in [0.29, 0.717) is 5.56 Å². The molecule has 1 saturated carbocycles. The molecule has 0 unspecified atom stereocenters. The summed E-state index contributed by atoms with van der Waals surface area (Å²) < 4.78 is 0. The standard InChI is InChI=1S/C17H12N4O/c1-12-15(22)7-14(13-5-3-2-4-6-13)17(10-20,11-21)16(12,8-18)9-19/h2-6,12,14H,7H2,1H3/t12-,14+/m1/s1. The highest BCUT2D eigenvalue weighted by atomic mass is 16.1. The Kier molecular flexibility index (Phi) is 3.69. The monoisotopic (exact) mass is 288 g/mol. The van der Waals surface area contributed by atoms with E-state index in [1.54, 1.807) is 30.3 Å². The molecule has 5 heteroatoms. The molecule has 1 aromatic carbocycles. The highest BCUT2D eigenvalue weighted by Gasteiger charge is 2.66. The van der Waals surface area contributed by atoms with E-state index in [-0.39, 0.29) is 12.2 Å². The van der Waals surface area contributed by atoms with Gasteiger partial charge >= 0.3 is 0 Å². The second-order valence-electron chi connectivity index (χ2n) is 5.42. The molecule has 106 valence electrons. The molecular formula is C17H12N4O. The van der Waals surface area contributed by atoms with Crippen LogP contribution < -0.4 is 0 Å². The van der Waals surface area contributed by atoms with Gasteiger partial charge in [0.15, 0.2) is 10.8 Å². The number of benzene rings is 1. The van der Waals surface area contributed by atoms with Crippen molar-refractivity contribution in [2.75, 3.05) is 0 Å². The fraction of sp³-hybridized carbons (Fsp3) is 0.353. The molecule has 0 radical (unpaired) electrons. The molecule has 0 spiro atoms. The number of nitriles is 4. The highest BCUT2D eigenvalue weighted by molar-refractivity contribution is 5.86. The average molecular weight is 288 g/mol. The van der Waals surface area contributed by atoms with Crippen LogP contribution in [0.4, 0.5) is 0 Å². The lowest BCUT2D eigenvalue weighted by atomic mass is 9.48. The number of hydrogen-bond donors (Lipinski definition) is 0. The lowest BCUT2D eigenvalue weighted by Gasteiger charge is -2.44. The van der Waals surface area contributed by atoms with Crippen molar-refractivity contribution in [1.29, 1.82) is 21.0 Å². The molecule has 0 amide bonds. The number of hydrogen-bond acceptors (Lipinski definition) is 5. The molecule has 0 N–H and O–H groups in total. The normalized spacial score (nSPS) is 25.0. The Morgan fingerprint density at radius 3 is 1.91 bits per heavy atom. The molecule has 1 aliphatic carbocycles. The van der Waals surface area contributed by atoms with Crippen LogP contribution in [-0.2, 0) is 4.79 Å². The Morgan fingerprint density at radius 2 is 1.45 bits per heavy atom. The first-order valence-electron chi connectivity index (χ1n) is 6.75. The lowest BCUT2D eigenvalue weighted by molar-refractivity contribution is -0.130. The van der Waals surface area contributed by atoms with E-state index >= 15 is 0 Å². The van der Waals surface area contributed by atoms with E-state index in [0.717, 1.165) is 0 Å². The number of nitrogens with zero attached hydrogens (tertiary/aromatic N) is 4. The molecule has 22 heavy (non-hydrogen) atoms. The molecule has 0 heterocycles. The summed E-state index contributed by atoms with van der Waals surface area (Å²) in [5.74, 6) is -2.06. The summed E-state index contributed by atoms with van der Waals surface area (Å²) in [6, 6.07) is 16.1. The fourth-order valence-electron chi connectivity index (χ4n) is 3.19. The molecular weight excluding hydrogens is 276 g/mol. The van der Waals surface area contributed by atoms with Gasteiger partial charge in [0.05, 0.1) is 24.3 Å². The van der Waals surface area contributed by atoms with E-state index in [2.05, 4.69) is 0 Å². The van der Waals surface area contributed by atoms with Crippen molar-refractivity contribution in [3.8, 4) is 24.3 Å². The Bertz CT molecular complexity index is 742. The second kappa shape index (κ2) is 5.33. The van der Waals surface area contributed by atoms with Gasteiger partial charge in [0.1, 0.15) is 5.78 Å². The molecule has 0 saturated heterocycles. The van der Waals surface area contributed by atoms with E-state index in [1.807, 2.05) is 24.3 Å². The van der Waals surface area contributed by atoms with E-state index in [9.17, 15) is 25.8 Å². The zero-order valence-corrected chi connectivity index (χ0v) is 11.9. The zero-order chi connectivity index (χ0) is 16.4. The summed E-state index contributed by atoms with van der Waals surface area (Å²) in [4.78, 5) is 12.3. The maximum Gasteiger partial charge on any atom is 0.185 e. The van der Waals surface area contributed by atoms with Gasteiger partial charge in [-0.2, -0.15) is 21.0 Å². The van der Waals surface area contributed by atoms with Crippen molar-refractivity contribution < 1.29 is 4.79 Å². The number of carbonyl (C=O) groups excluding carboxylic acids is 1. The molecule has 5 nitrogen and oxygen atoms in total. The summed E-state index contributed by atoms with van der Waals surface area (Å²) in [5.41, 5.74) is -3.25. The van der Waals surface area contributed by atoms with Crippen LogP contribution in [0.2, 0.25) is 0 Å². The predicted molar refractivity (Wildman–Crippen MR) is 75.3 cm³/mol. The van der Waals surface area contributed by atoms with Crippen molar-refractivity contribution in [2.45, 2.75) is 19.3 Å². The van der Waals surface area contributed by atoms with Gasteiger partial charge in [0.25, 0.3) is 0 Å². The SMILES string of the molecule is C[C@@H]1C(=O)C[C@@H](c2ccccc2)C(C#N)(C#N)C1(C#N)C#N. The van der Waals surface area contributed by atoms with Crippen LogP contribution >= 0.6 is 0 Å². The Labute approximate surface area is 128 Å². The predicted octanol–water partition coefficient (Wildman–Crippen LogP) is 2.45. The topological polar surface area (TPSA) is 112 Å². The van der Waals surface area contributed by atoms with Crippen molar-refractivity contribution in [2.24, 2.45) is 16.7 Å². The minimum Gasteiger partial charge on any atom is -0.299 e. The Morgan fingerprint density at radius 1 is 0.955 bits per heavy atom. The number of carbonyl (C=O) groups is 1. The van der Waals surface area contributed by atoms with E-state index < -0.39 is 22.7 Å². The largest absolute Gasteiger partial charge is 0.299 e. The Balaban J connectivity index is 2.80. The number of rotatable bonds is 1. The molecule has 2 rings (SSSR count). The van der Waals surface area contributed by atoms with Gasteiger partial charge < -0.3 is 0 Å². The fourth-order valence-corrected chi connectivity index (χ4v) is 3.19. The summed E-state index contributed by atoms with van der Waals surface area (Å²) in [5, 5.41) is 38.5. The van der Waals surface area contributed by atoms with Gasteiger partial charge in [-0.15, -0.1) is 0 Å². The first kappa shape index (κ1) is 15.2. The molecule has 0 aromatic heterocycles. The minimum absolute atomic E-state index is 0.0303. The molecule has 0 aliphatic heterocycles. The van der Waals surface area contributed by atoms with Crippen LogP contribution in [0, 0.1) is 62.1 Å². The van der Waals surface area contributed by atoms with E-state index in [1.165, 1.54) is 6.92 Å². The van der Waals surface area contributed by atoms with Crippen LogP contribution in [0.15, 0.2) is 30.3 Å². The Hall–Kier alpha value is -3.15. The van der Waals surface area contributed by atoms with Crippen LogP contribution in [0.25, 0.3) is 0 Å². The number of ketones is 1. The molecule has 1 fully saturated rings. The van der Waals surface area contributed by atoms with Crippen molar-refractivity contribution in [1.82, 2.24) is 0 Å². The van der Waals surface area contributed by atoms with Gasteiger partial charge in [-0.05, 0) is 5.56 Å².